The van der Waals surface area contributed by atoms with Gasteiger partial charge in [0, 0.05) is 37.9 Å². The molecule has 1 aromatic heterocycles. The fourth-order valence-corrected chi connectivity index (χ4v) is 4.33. The number of Topliss-reactive ketones (excluding diaryl/α,β-unsaturated/α-hetero) is 1. The number of aliphatic hydroxyl groups excluding tert-OH is 1. The van der Waals surface area contributed by atoms with Crippen molar-refractivity contribution in [2.75, 3.05) is 46.0 Å². The number of hydrogen-bond acceptors (Lipinski definition) is 7. The Morgan fingerprint density at radius 3 is 2.56 bits per heavy atom. The largest absolute Gasteiger partial charge is 0.507 e. The highest BCUT2D eigenvalue weighted by atomic mass is 16.5. The number of amides is 1. The number of rotatable bonds is 9. The zero-order valence-electron chi connectivity index (χ0n) is 19.5. The Hall–Kier alpha value is -3.23. The molecule has 0 radical (unpaired) electrons. The Bertz CT molecular complexity index is 1020. The minimum atomic E-state index is -0.734. The van der Waals surface area contributed by atoms with Gasteiger partial charge in [0.2, 0.25) is 0 Å². The summed E-state index contributed by atoms with van der Waals surface area (Å²) in [6.07, 6.45) is 3.23. The van der Waals surface area contributed by atoms with Crippen LogP contribution in [-0.4, -0.2) is 77.6 Å². The third-order valence-electron chi connectivity index (χ3n) is 6.09. The summed E-state index contributed by atoms with van der Waals surface area (Å²) in [6.45, 7) is 6.96. The molecule has 0 unspecified atom stereocenters. The summed E-state index contributed by atoms with van der Waals surface area (Å²) in [7, 11) is 0. The van der Waals surface area contributed by atoms with E-state index in [-0.39, 0.29) is 11.3 Å². The van der Waals surface area contributed by atoms with Crippen molar-refractivity contribution in [2.24, 2.45) is 0 Å². The molecule has 2 saturated heterocycles. The molecule has 2 aromatic rings. The van der Waals surface area contributed by atoms with E-state index in [1.54, 1.807) is 42.6 Å². The van der Waals surface area contributed by atoms with E-state index < -0.39 is 17.7 Å². The number of benzene rings is 1. The smallest absolute Gasteiger partial charge is 0.295 e. The number of pyridine rings is 1. The first kappa shape index (κ1) is 23.9. The molecule has 8 heteroatoms. The molecule has 1 atom stereocenters. The van der Waals surface area contributed by atoms with Crippen LogP contribution in [0.15, 0.2) is 54.2 Å². The minimum Gasteiger partial charge on any atom is -0.507 e. The number of ether oxygens (including phenoxy) is 2. The fourth-order valence-electron chi connectivity index (χ4n) is 4.33. The number of carbonyl (C=O) groups excluding carboxylic acids is 2. The molecule has 180 valence electrons. The lowest BCUT2D eigenvalue weighted by Crippen LogP contribution is -2.39. The Kier molecular flexibility index (Phi) is 7.92. The lowest BCUT2D eigenvalue weighted by molar-refractivity contribution is -0.140. The maximum atomic E-state index is 13.1. The standard InChI is InChI=1S/C26H31N3O5/c1-2-16-34-20-9-7-19(8-10-20)24(30)22-23(21-6-3-4-11-27-21)29(26(32)25(22)31)13-5-12-28-14-17-33-18-15-28/h3-4,6-11,23,30H,2,5,12-18H2,1H3/b24-22+/t23-/m1/s1. The molecule has 34 heavy (non-hydrogen) atoms. The van der Waals surface area contributed by atoms with Gasteiger partial charge < -0.3 is 19.5 Å². The van der Waals surface area contributed by atoms with Gasteiger partial charge in [-0.05, 0) is 49.2 Å². The van der Waals surface area contributed by atoms with Crippen molar-refractivity contribution in [1.82, 2.24) is 14.8 Å². The Morgan fingerprint density at radius 1 is 1.12 bits per heavy atom. The van der Waals surface area contributed by atoms with Crippen molar-refractivity contribution in [1.29, 1.82) is 0 Å². The zero-order chi connectivity index (χ0) is 23.9. The summed E-state index contributed by atoms with van der Waals surface area (Å²) in [5.41, 5.74) is 1.07. The van der Waals surface area contributed by atoms with Gasteiger partial charge in [0.15, 0.2) is 0 Å². The number of carbonyl (C=O) groups is 2. The first-order valence-electron chi connectivity index (χ1n) is 11.8. The molecule has 1 amide bonds. The number of hydrogen-bond donors (Lipinski definition) is 1. The molecule has 2 fully saturated rings. The van der Waals surface area contributed by atoms with E-state index in [0.29, 0.717) is 49.8 Å². The molecule has 2 aliphatic heterocycles. The van der Waals surface area contributed by atoms with E-state index in [1.807, 2.05) is 13.0 Å². The minimum absolute atomic E-state index is 0.0669. The lowest BCUT2D eigenvalue weighted by Gasteiger charge is -2.28. The number of nitrogens with zero attached hydrogens (tertiary/aromatic N) is 3. The molecule has 2 aliphatic rings. The Labute approximate surface area is 199 Å². The van der Waals surface area contributed by atoms with E-state index in [1.165, 1.54) is 4.90 Å². The molecule has 1 aromatic carbocycles. The summed E-state index contributed by atoms with van der Waals surface area (Å²) in [5, 5.41) is 11.1. The summed E-state index contributed by atoms with van der Waals surface area (Å²) in [5.74, 6) is -0.817. The lowest BCUT2D eigenvalue weighted by atomic mass is 9.98. The highest BCUT2D eigenvalue weighted by Crippen LogP contribution is 2.38. The second kappa shape index (κ2) is 11.3. The summed E-state index contributed by atoms with van der Waals surface area (Å²) >= 11 is 0. The molecule has 1 N–H and O–H groups in total. The zero-order valence-corrected chi connectivity index (χ0v) is 19.5. The summed E-state index contributed by atoms with van der Waals surface area (Å²) < 4.78 is 11.0. The summed E-state index contributed by atoms with van der Waals surface area (Å²) in [6, 6.07) is 11.5. The van der Waals surface area contributed by atoms with Crippen LogP contribution in [0, 0.1) is 0 Å². The Balaban J connectivity index is 1.61. The molecule has 0 bridgehead atoms. The van der Waals surface area contributed by atoms with Crippen LogP contribution >= 0.6 is 0 Å². The average Bonchev–Trinajstić information content (AvgIpc) is 3.13. The predicted octanol–water partition coefficient (Wildman–Crippen LogP) is 3.01. The van der Waals surface area contributed by atoms with E-state index in [9.17, 15) is 14.7 Å². The van der Waals surface area contributed by atoms with Crippen molar-refractivity contribution in [3.05, 3.63) is 65.5 Å². The highest BCUT2D eigenvalue weighted by Gasteiger charge is 2.46. The van der Waals surface area contributed by atoms with Gasteiger partial charge in [-0.15, -0.1) is 0 Å². The molecular weight excluding hydrogens is 434 g/mol. The van der Waals surface area contributed by atoms with Crippen molar-refractivity contribution >= 4 is 17.4 Å². The van der Waals surface area contributed by atoms with Crippen LogP contribution in [0.25, 0.3) is 5.76 Å². The van der Waals surface area contributed by atoms with Crippen LogP contribution in [0.4, 0.5) is 0 Å². The van der Waals surface area contributed by atoms with Gasteiger partial charge in [0.05, 0.1) is 31.1 Å². The van der Waals surface area contributed by atoms with E-state index in [0.717, 1.165) is 26.1 Å². The van der Waals surface area contributed by atoms with Crippen LogP contribution in [0.3, 0.4) is 0 Å². The summed E-state index contributed by atoms with van der Waals surface area (Å²) in [4.78, 5) is 34.4. The van der Waals surface area contributed by atoms with Crippen LogP contribution in [0.5, 0.6) is 5.75 Å². The third kappa shape index (κ3) is 5.29. The molecule has 0 saturated carbocycles. The fraction of sp³-hybridized carbons (Fsp3) is 0.423. The second-order valence-electron chi connectivity index (χ2n) is 8.43. The SMILES string of the molecule is CCCOc1ccc(/C(O)=C2\C(=O)C(=O)N(CCCN3CCOCC3)[C@@H]2c2ccccn2)cc1. The van der Waals surface area contributed by atoms with Gasteiger partial charge in [0.1, 0.15) is 17.6 Å². The number of morpholine rings is 1. The molecule has 8 nitrogen and oxygen atoms in total. The number of aromatic nitrogens is 1. The molecule has 4 rings (SSSR count). The normalized spacial score (nSPS) is 20.6. The van der Waals surface area contributed by atoms with Gasteiger partial charge >= 0.3 is 0 Å². The third-order valence-corrected chi connectivity index (χ3v) is 6.09. The molecular formula is C26H31N3O5. The monoisotopic (exact) mass is 465 g/mol. The van der Waals surface area contributed by atoms with Crippen LogP contribution in [0.1, 0.15) is 37.1 Å². The number of likely N-dealkylation sites (tertiary alicyclic amines) is 1. The first-order valence-corrected chi connectivity index (χ1v) is 11.8. The average molecular weight is 466 g/mol. The van der Waals surface area contributed by atoms with Crippen molar-refractivity contribution in [3.63, 3.8) is 0 Å². The number of ketones is 1. The topological polar surface area (TPSA) is 92.2 Å². The maximum Gasteiger partial charge on any atom is 0.295 e. The molecule has 3 heterocycles. The van der Waals surface area contributed by atoms with Crippen LogP contribution < -0.4 is 4.74 Å². The van der Waals surface area contributed by atoms with Crippen molar-refractivity contribution in [3.8, 4) is 5.75 Å². The maximum absolute atomic E-state index is 13.1. The van der Waals surface area contributed by atoms with E-state index in [4.69, 9.17) is 9.47 Å². The van der Waals surface area contributed by atoms with Gasteiger partial charge in [-0.3, -0.25) is 19.5 Å². The van der Waals surface area contributed by atoms with E-state index >= 15 is 0 Å². The van der Waals surface area contributed by atoms with E-state index in [2.05, 4.69) is 9.88 Å². The number of aliphatic hydroxyl groups is 1. The van der Waals surface area contributed by atoms with Gasteiger partial charge in [-0.25, -0.2) is 0 Å². The van der Waals surface area contributed by atoms with Gasteiger partial charge in [-0.2, -0.15) is 0 Å². The predicted molar refractivity (Wildman–Crippen MR) is 127 cm³/mol. The Morgan fingerprint density at radius 2 is 1.88 bits per heavy atom. The quantitative estimate of drug-likeness (QED) is 0.346. The van der Waals surface area contributed by atoms with Gasteiger partial charge in [-0.1, -0.05) is 13.0 Å². The molecule has 0 spiro atoms. The highest BCUT2D eigenvalue weighted by molar-refractivity contribution is 6.46. The van der Waals surface area contributed by atoms with Crippen LogP contribution in [-0.2, 0) is 14.3 Å². The van der Waals surface area contributed by atoms with Crippen molar-refractivity contribution in [2.45, 2.75) is 25.8 Å². The molecule has 0 aliphatic carbocycles. The first-order chi connectivity index (χ1) is 16.6. The second-order valence-corrected chi connectivity index (χ2v) is 8.43. The van der Waals surface area contributed by atoms with Gasteiger partial charge in [0.25, 0.3) is 11.7 Å². The van der Waals surface area contributed by atoms with Crippen molar-refractivity contribution < 1.29 is 24.2 Å². The van der Waals surface area contributed by atoms with Crippen LogP contribution in [0.2, 0.25) is 0 Å².